The summed E-state index contributed by atoms with van der Waals surface area (Å²) in [5.41, 5.74) is 2.49. The second-order valence-electron chi connectivity index (χ2n) is 6.52. The van der Waals surface area contributed by atoms with Crippen LogP contribution >= 0.6 is 11.3 Å². The fraction of sp³-hybridized carbons (Fsp3) is 0.263. The van der Waals surface area contributed by atoms with Crippen molar-refractivity contribution in [3.05, 3.63) is 59.8 Å². The highest BCUT2D eigenvalue weighted by Crippen LogP contribution is 2.23. The number of amides is 1. The zero-order valence-electron chi connectivity index (χ0n) is 15.2. The third kappa shape index (κ3) is 3.48. The average molecular weight is 380 g/mol. The molecule has 0 fully saturated rings. The molecule has 0 aliphatic carbocycles. The van der Waals surface area contributed by atoms with Gasteiger partial charge in [0.25, 0.3) is 5.91 Å². The molecule has 0 radical (unpaired) electrons. The Hall–Kier alpha value is -3.00. The molecule has 0 bridgehead atoms. The summed E-state index contributed by atoms with van der Waals surface area (Å²) in [5.74, 6) is 0.753. The summed E-state index contributed by atoms with van der Waals surface area (Å²) < 4.78 is 3.86. The van der Waals surface area contributed by atoms with Gasteiger partial charge in [0, 0.05) is 36.1 Å². The minimum Gasteiger partial charge on any atom is -0.350 e. The number of nitrogens with zero attached hydrogens (tertiary/aromatic N) is 5. The number of nitrogens with one attached hydrogen (secondary N) is 1. The summed E-state index contributed by atoms with van der Waals surface area (Å²) in [6, 6.07) is 10.2. The van der Waals surface area contributed by atoms with Crippen LogP contribution in [-0.4, -0.2) is 36.6 Å². The van der Waals surface area contributed by atoms with Crippen molar-refractivity contribution >= 4 is 22.2 Å². The molecule has 3 aromatic heterocycles. The smallest absolute Gasteiger partial charge is 0.269 e. The van der Waals surface area contributed by atoms with Crippen molar-refractivity contribution in [1.29, 1.82) is 0 Å². The molecular formula is C19H20N6OS. The molecule has 0 atom stereocenters. The molecule has 8 heteroatoms. The maximum atomic E-state index is 12.6. The second-order valence-corrected chi connectivity index (χ2v) is 7.36. The number of rotatable bonds is 6. The average Bonchev–Trinajstić information content (AvgIpc) is 3.37. The van der Waals surface area contributed by atoms with Crippen LogP contribution in [-0.2, 0) is 6.42 Å². The number of hydrogen-bond donors (Lipinski definition) is 1. The van der Waals surface area contributed by atoms with E-state index in [0.717, 1.165) is 22.0 Å². The van der Waals surface area contributed by atoms with Crippen LogP contribution in [0, 0.1) is 0 Å². The first-order valence-corrected chi connectivity index (χ1v) is 9.70. The second kappa shape index (κ2) is 7.32. The number of thiazole rings is 1. The van der Waals surface area contributed by atoms with E-state index in [4.69, 9.17) is 0 Å². The monoisotopic (exact) mass is 380 g/mol. The summed E-state index contributed by atoms with van der Waals surface area (Å²) in [6.07, 6.45) is 4.27. The highest BCUT2D eigenvalue weighted by atomic mass is 32.1. The van der Waals surface area contributed by atoms with Crippen molar-refractivity contribution in [1.82, 2.24) is 29.5 Å². The Labute approximate surface area is 160 Å². The molecule has 27 heavy (non-hydrogen) atoms. The summed E-state index contributed by atoms with van der Waals surface area (Å²) in [7, 11) is 0. The van der Waals surface area contributed by atoms with Crippen LogP contribution in [0.1, 0.15) is 36.2 Å². The molecule has 0 aliphatic rings. The Morgan fingerprint density at radius 2 is 2.07 bits per heavy atom. The van der Waals surface area contributed by atoms with Crippen LogP contribution < -0.4 is 5.32 Å². The van der Waals surface area contributed by atoms with Crippen LogP contribution in [0.5, 0.6) is 0 Å². The van der Waals surface area contributed by atoms with E-state index in [0.29, 0.717) is 24.7 Å². The van der Waals surface area contributed by atoms with Gasteiger partial charge in [-0.05, 0) is 13.8 Å². The predicted molar refractivity (Wildman–Crippen MR) is 105 cm³/mol. The Morgan fingerprint density at radius 1 is 1.26 bits per heavy atom. The van der Waals surface area contributed by atoms with E-state index in [1.54, 1.807) is 6.33 Å². The minimum absolute atomic E-state index is 0.117. The zero-order chi connectivity index (χ0) is 18.8. The van der Waals surface area contributed by atoms with Crippen LogP contribution in [0.25, 0.3) is 16.2 Å². The standard InChI is InChI=1S/C19H20N6OS/c1-13(2)25-12-21-23-17(25)8-9-20-18(26)16-11-27-19-22-15(10-24(16)19)14-6-4-3-5-7-14/h3-7,10-13H,8-9H2,1-2H3,(H,20,26). The Balaban J connectivity index is 1.46. The van der Waals surface area contributed by atoms with Crippen molar-refractivity contribution in [2.24, 2.45) is 0 Å². The molecule has 3 heterocycles. The molecule has 4 aromatic rings. The Morgan fingerprint density at radius 3 is 2.85 bits per heavy atom. The highest BCUT2D eigenvalue weighted by molar-refractivity contribution is 7.15. The summed E-state index contributed by atoms with van der Waals surface area (Å²) in [6.45, 7) is 4.66. The van der Waals surface area contributed by atoms with Gasteiger partial charge in [-0.25, -0.2) is 4.98 Å². The van der Waals surface area contributed by atoms with E-state index in [-0.39, 0.29) is 5.91 Å². The summed E-state index contributed by atoms with van der Waals surface area (Å²) in [5, 5.41) is 12.9. The van der Waals surface area contributed by atoms with Crippen LogP contribution in [0.3, 0.4) is 0 Å². The topological polar surface area (TPSA) is 77.1 Å². The number of aromatic nitrogens is 5. The van der Waals surface area contributed by atoms with Gasteiger partial charge >= 0.3 is 0 Å². The molecule has 0 saturated carbocycles. The number of fused-ring (bicyclic) bond motifs is 1. The van der Waals surface area contributed by atoms with Gasteiger partial charge in [-0.3, -0.25) is 9.20 Å². The van der Waals surface area contributed by atoms with E-state index >= 15 is 0 Å². The van der Waals surface area contributed by atoms with Gasteiger partial charge in [-0.15, -0.1) is 21.5 Å². The molecule has 0 aliphatic heterocycles. The van der Waals surface area contributed by atoms with Gasteiger partial charge in [-0.2, -0.15) is 0 Å². The molecule has 138 valence electrons. The maximum Gasteiger partial charge on any atom is 0.269 e. The summed E-state index contributed by atoms with van der Waals surface area (Å²) >= 11 is 1.46. The van der Waals surface area contributed by atoms with Crippen molar-refractivity contribution in [3.8, 4) is 11.3 Å². The number of benzene rings is 1. The van der Waals surface area contributed by atoms with Gasteiger partial charge < -0.3 is 9.88 Å². The number of hydrogen-bond acceptors (Lipinski definition) is 5. The first kappa shape index (κ1) is 17.4. The minimum atomic E-state index is -0.117. The number of carbonyl (C=O) groups is 1. The lowest BCUT2D eigenvalue weighted by molar-refractivity contribution is 0.0948. The zero-order valence-corrected chi connectivity index (χ0v) is 16.0. The molecule has 1 amide bonds. The molecular weight excluding hydrogens is 360 g/mol. The first-order valence-electron chi connectivity index (χ1n) is 8.82. The number of imidazole rings is 1. The van der Waals surface area contributed by atoms with E-state index < -0.39 is 0 Å². The highest BCUT2D eigenvalue weighted by Gasteiger charge is 2.15. The van der Waals surface area contributed by atoms with Gasteiger partial charge in [0.1, 0.15) is 17.8 Å². The third-order valence-corrected chi connectivity index (χ3v) is 5.19. The largest absolute Gasteiger partial charge is 0.350 e. The lowest BCUT2D eigenvalue weighted by Crippen LogP contribution is -2.27. The molecule has 0 saturated heterocycles. The van der Waals surface area contributed by atoms with Crippen molar-refractivity contribution in [3.63, 3.8) is 0 Å². The van der Waals surface area contributed by atoms with E-state index in [9.17, 15) is 4.79 Å². The van der Waals surface area contributed by atoms with Crippen molar-refractivity contribution < 1.29 is 4.79 Å². The molecule has 4 rings (SSSR count). The lowest BCUT2D eigenvalue weighted by atomic mass is 10.2. The molecule has 1 aromatic carbocycles. The van der Waals surface area contributed by atoms with E-state index in [1.807, 2.05) is 50.9 Å². The molecule has 0 unspecified atom stereocenters. The Bertz CT molecular complexity index is 1060. The van der Waals surface area contributed by atoms with E-state index in [1.165, 1.54) is 11.3 Å². The normalized spacial score (nSPS) is 11.4. The fourth-order valence-electron chi connectivity index (χ4n) is 2.95. The summed E-state index contributed by atoms with van der Waals surface area (Å²) in [4.78, 5) is 18.0. The van der Waals surface area contributed by atoms with Gasteiger partial charge in [0.2, 0.25) is 0 Å². The molecule has 0 spiro atoms. The van der Waals surface area contributed by atoms with Crippen LogP contribution in [0.15, 0.2) is 48.2 Å². The van der Waals surface area contributed by atoms with Gasteiger partial charge in [0.05, 0.1) is 5.69 Å². The fourth-order valence-corrected chi connectivity index (χ4v) is 3.80. The SMILES string of the molecule is CC(C)n1cnnc1CCNC(=O)c1csc2nc(-c3ccccc3)cn12. The van der Waals surface area contributed by atoms with E-state index in [2.05, 4.69) is 34.3 Å². The lowest BCUT2D eigenvalue weighted by Gasteiger charge is -2.10. The van der Waals surface area contributed by atoms with Crippen LogP contribution in [0.2, 0.25) is 0 Å². The molecule has 1 N–H and O–H groups in total. The predicted octanol–water partition coefficient (Wildman–Crippen LogP) is 3.21. The van der Waals surface area contributed by atoms with Crippen molar-refractivity contribution in [2.75, 3.05) is 6.54 Å². The van der Waals surface area contributed by atoms with Crippen LogP contribution in [0.4, 0.5) is 0 Å². The maximum absolute atomic E-state index is 12.6. The first-order chi connectivity index (χ1) is 13.1. The molecule has 7 nitrogen and oxygen atoms in total. The number of carbonyl (C=O) groups excluding carboxylic acids is 1. The van der Waals surface area contributed by atoms with Gasteiger partial charge in [-0.1, -0.05) is 30.3 Å². The Kier molecular flexibility index (Phi) is 4.72. The van der Waals surface area contributed by atoms with Gasteiger partial charge in [0.15, 0.2) is 4.96 Å². The van der Waals surface area contributed by atoms with Crippen molar-refractivity contribution in [2.45, 2.75) is 26.3 Å². The quantitative estimate of drug-likeness (QED) is 0.557. The third-order valence-electron chi connectivity index (χ3n) is 4.35.